The predicted octanol–water partition coefficient (Wildman–Crippen LogP) is 2.90. The van der Waals surface area contributed by atoms with Gasteiger partial charge in [-0.2, -0.15) is 0 Å². The van der Waals surface area contributed by atoms with Crippen molar-refractivity contribution < 1.29 is 9.31 Å². The Morgan fingerprint density at radius 3 is 2.30 bits per heavy atom. The van der Waals surface area contributed by atoms with Gasteiger partial charge in [-0.3, -0.25) is 9.36 Å². The average molecular weight is 376 g/mol. The van der Waals surface area contributed by atoms with Crippen molar-refractivity contribution in [1.29, 1.82) is 0 Å². The third kappa shape index (κ3) is 3.03. The second kappa shape index (κ2) is 5.62. The molecule has 2 aromatic rings. The molecule has 1 aliphatic heterocycles. The lowest BCUT2D eigenvalue weighted by molar-refractivity contribution is 0.00578. The second-order valence-corrected chi connectivity index (χ2v) is 7.66. The summed E-state index contributed by atoms with van der Waals surface area (Å²) in [5.41, 5.74) is 0.775. The van der Waals surface area contributed by atoms with Crippen LogP contribution in [0.25, 0.3) is 5.69 Å². The lowest BCUT2D eigenvalue weighted by Crippen LogP contribution is -2.41. The van der Waals surface area contributed by atoms with E-state index in [0.29, 0.717) is 0 Å². The summed E-state index contributed by atoms with van der Waals surface area (Å²) >= 11 is 3.51. The number of rotatable bonds is 2. The third-order valence-electron chi connectivity index (χ3n) is 4.53. The van der Waals surface area contributed by atoms with Crippen LogP contribution in [-0.2, 0) is 9.31 Å². The molecule has 1 fully saturated rings. The SMILES string of the molecule is CC1(C)OB(c2cc(Br)cc(-n3ccccc3=O)c2)OC1(C)C. The normalized spacial score (nSPS) is 19.1. The summed E-state index contributed by atoms with van der Waals surface area (Å²) in [6.07, 6.45) is 1.75. The largest absolute Gasteiger partial charge is 0.494 e. The summed E-state index contributed by atoms with van der Waals surface area (Å²) in [5, 5.41) is 0. The molecule has 1 aliphatic rings. The molecule has 120 valence electrons. The molecule has 0 atom stereocenters. The lowest BCUT2D eigenvalue weighted by atomic mass is 9.79. The third-order valence-corrected chi connectivity index (χ3v) is 4.99. The minimum atomic E-state index is -0.462. The molecule has 0 aliphatic carbocycles. The summed E-state index contributed by atoms with van der Waals surface area (Å²) in [6.45, 7) is 8.09. The molecule has 23 heavy (non-hydrogen) atoms. The topological polar surface area (TPSA) is 40.5 Å². The van der Waals surface area contributed by atoms with E-state index in [0.717, 1.165) is 15.6 Å². The van der Waals surface area contributed by atoms with Gasteiger partial charge in [0.2, 0.25) is 0 Å². The minimum Gasteiger partial charge on any atom is -0.399 e. The van der Waals surface area contributed by atoms with Crippen LogP contribution in [0, 0.1) is 0 Å². The molecule has 0 bridgehead atoms. The van der Waals surface area contributed by atoms with Gasteiger partial charge in [-0.25, -0.2) is 0 Å². The standard InChI is InChI=1S/C17H19BBrNO3/c1-16(2)17(3,4)23-18(22-16)12-9-13(19)11-14(10-12)20-8-6-5-7-15(20)21/h5-11H,1-4H3. The van der Waals surface area contributed by atoms with E-state index in [2.05, 4.69) is 15.9 Å². The van der Waals surface area contributed by atoms with Crippen LogP contribution in [0.4, 0.5) is 0 Å². The zero-order chi connectivity index (χ0) is 16.8. The van der Waals surface area contributed by atoms with Gasteiger partial charge in [-0.15, -0.1) is 0 Å². The van der Waals surface area contributed by atoms with E-state index in [4.69, 9.17) is 9.31 Å². The maximum atomic E-state index is 12.1. The molecule has 1 aromatic carbocycles. The number of aromatic nitrogens is 1. The van der Waals surface area contributed by atoms with Gasteiger partial charge >= 0.3 is 7.12 Å². The zero-order valence-electron chi connectivity index (χ0n) is 13.7. The quantitative estimate of drug-likeness (QED) is 0.757. The van der Waals surface area contributed by atoms with Crippen LogP contribution in [0.2, 0.25) is 0 Å². The number of hydrogen-bond donors (Lipinski definition) is 0. The fraction of sp³-hybridized carbons (Fsp3) is 0.353. The average Bonchev–Trinajstić information content (AvgIpc) is 2.67. The van der Waals surface area contributed by atoms with Crippen LogP contribution in [0.1, 0.15) is 27.7 Å². The first-order valence-corrected chi connectivity index (χ1v) is 8.33. The molecule has 3 rings (SSSR count). The van der Waals surface area contributed by atoms with Gasteiger partial charge in [0.1, 0.15) is 0 Å². The summed E-state index contributed by atoms with van der Waals surface area (Å²) in [4.78, 5) is 12.1. The van der Waals surface area contributed by atoms with Crippen LogP contribution in [0.15, 0.2) is 51.9 Å². The molecule has 1 saturated heterocycles. The molecule has 0 spiro atoms. The minimum absolute atomic E-state index is 0.0783. The van der Waals surface area contributed by atoms with Gasteiger partial charge in [-0.1, -0.05) is 22.0 Å². The fourth-order valence-electron chi connectivity index (χ4n) is 2.49. The van der Waals surface area contributed by atoms with Gasteiger partial charge in [-0.05, 0) is 57.4 Å². The molecular formula is C17H19BBrNO3. The maximum Gasteiger partial charge on any atom is 0.494 e. The highest BCUT2D eigenvalue weighted by Crippen LogP contribution is 2.36. The first-order chi connectivity index (χ1) is 10.7. The van der Waals surface area contributed by atoms with Gasteiger partial charge in [0.15, 0.2) is 0 Å². The predicted molar refractivity (Wildman–Crippen MR) is 95.5 cm³/mol. The molecule has 0 N–H and O–H groups in total. The van der Waals surface area contributed by atoms with Crippen molar-refractivity contribution in [2.75, 3.05) is 0 Å². The Morgan fingerprint density at radius 2 is 1.70 bits per heavy atom. The monoisotopic (exact) mass is 375 g/mol. The van der Waals surface area contributed by atoms with Crippen LogP contribution < -0.4 is 11.0 Å². The second-order valence-electron chi connectivity index (χ2n) is 6.74. The van der Waals surface area contributed by atoms with Crippen LogP contribution >= 0.6 is 15.9 Å². The highest BCUT2D eigenvalue weighted by atomic mass is 79.9. The van der Waals surface area contributed by atoms with Crippen molar-refractivity contribution in [2.24, 2.45) is 0 Å². The molecule has 0 saturated carbocycles. The maximum absolute atomic E-state index is 12.1. The summed E-state index contributed by atoms with van der Waals surface area (Å²) < 4.78 is 14.7. The van der Waals surface area contributed by atoms with Crippen LogP contribution in [0.5, 0.6) is 0 Å². The molecule has 2 heterocycles. The van der Waals surface area contributed by atoms with Crippen LogP contribution in [0.3, 0.4) is 0 Å². The first-order valence-electron chi connectivity index (χ1n) is 7.54. The van der Waals surface area contributed by atoms with E-state index in [-0.39, 0.29) is 5.56 Å². The van der Waals surface area contributed by atoms with E-state index < -0.39 is 18.3 Å². The van der Waals surface area contributed by atoms with E-state index in [9.17, 15) is 4.79 Å². The molecule has 4 nitrogen and oxygen atoms in total. The summed E-state index contributed by atoms with van der Waals surface area (Å²) in [6, 6.07) is 10.9. The highest BCUT2D eigenvalue weighted by molar-refractivity contribution is 9.10. The Labute approximate surface area is 144 Å². The van der Waals surface area contributed by atoms with Gasteiger partial charge in [0, 0.05) is 22.4 Å². The van der Waals surface area contributed by atoms with Crippen molar-refractivity contribution in [3.05, 3.63) is 57.4 Å². The Kier molecular flexibility index (Phi) is 4.03. The highest BCUT2D eigenvalue weighted by Gasteiger charge is 2.51. The summed E-state index contributed by atoms with van der Waals surface area (Å²) in [5.74, 6) is 0. The smallest absolute Gasteiger partial charge is 0.399 e. The van der Waals surface area contributed by atoms with E-state index >= 15 is 0 Å². The van der Waals surface area contributed by atoms with Gasteiger partial charge in [0.05, 0.1) is 11.2 Å². The number of pyridine rings is 1. The molecule has 0 radical (unpaired) electrons. The Bertz CT molecular complexity index is 784. The van der Waals surface area contributed by atoms with Crippen molar-refractivity contribution >= 4 is 28.5 Å². The van der Waals surface area contributed by atoms with Gasteiger partial charge < -0.3 is 9.31 Å². The van der Waals surface area contributed by atoms with Gasteiger partial charge in [0.25, 0.3) is 5.56 Å². The molecule has 0 unspecified atom stereocenters. The number of hydrogen-bond acceptors (Lipinski definition) is 3. The zero-order valence-corrected chi connectivity index (χ0v) is 15.3. The summed E-state index contributed by atoms with van der Waals surface area (Å²) in [7, 11) is -0.462. The van der Waals surface area contributed by atoms with E-state index in [1.54, 1.807) is 16.8 Å². The van der Waals surface area contributed by atoms with Crippen LogP contribution in [-0.4, -0.2) is 22.9 Å². The van der Waals surface area contributed by atoms with Crippen molar-refractivity contribution in [3.8, 4) is 5.69 Å². The number of benzene rings is 1. The molecular weight excluding hydrogens is 357 g/mol. The van der Waals surface area contributed by atoms with E-state index in [1.807, 2.05) is 52.0 Å². The van der Waals surface area contributed by atoms with Crippen molar-refractivity contribution in [3.63, 3.8) is 0 Å². The lowest BCUT2D eigenvalue weighted by Gasteiger charge is -2.32. The Morgan fingerprint density at radius 1 is 1.04 bits per heavy atom. The van der Waals surface area contributed by atoms with Crippen molar-refractivity contribution in [1.82, 2.24) is 4.57 Å². The Balaban J connectivity index is 2.03. The number of halogens is 1. The van der Waals surface area contributed by atoms with Crippen molar-refractivity contribution in [2.45, 2.75) is 38.9 Å². The molecule has 0 amide bonds. The molecule has 1 aromatic heterocycles. The molecule has 6 heteroatoms. The number of nitrogens with zero attached hydrogens (tertiary/aromatic N) is 1. The Hall–Kier alpha value is -1.37. The fourth-order valence-corrected chi connectivity index (χ4v) is 2.99. The first kappa shape index (κ1) is 16.5. The van der Waals surface area contributed by atoms with E-state index in [1.165, 1.54) is 6.07 Å².